The Balaban J connectivity index is 2.83. The molecule has 2 heterocycles. The van der Waals surface area contributed by atoms with Gasteiger partial charge < -0.3 is 10.7 Å². The third-order valence-electron chi connectivity index (χ3n) is 1.77. The molecule has 0 fully saturated rings. The van der Waals surface area contributed by atoms with Crippen LogP contribution in [0.2, 0.25) is 0 Å². The number of hydrogen-bond acceptors (Lipinski definition) is 4. The lowest BCUT2D eigenvalue weighted by Gasteiger charge is -2.01. The Labute approximate surface area is 73.4 Å². The van der Waals surface area contributed by atoms with Crippen molar-refractivity contribution in [2.45, 2.75) is 13.0 Å². The fourth-order valence-corrected chi connectivity index (χ4v) is 1.17. The number of rotatable bonds is 1. The van der Waals surface area contributed by atoms with Crippen LogP contribution in [0, 0.1) is 0 Å². The zero-order valence-corrected chi connectivity index (χ0v) is 7.06. The van der Waals surface area contributed by atoms with Gasteiger partial charge in [0, 0.05) is 0 Å². The highest BCUT2D eigenvalue weighted by molar-refractivity contribution is 5.41. The van der Waals surface area contributed by atoms with Crippen molar-refractivity contribution in [2.75, 3.05) is 0 Å². The molecule has 0 saturated carbocycles. The van der Waals surface area contributed by atoms with Crippen molar-refractivity contribution in [1.82, 2.24) is 19.6 Å². The molecule has 0 unspecified atom stereocenters. The van der Waals surface area contributed by atoms with Gasteiger partial charge in [0.15, 0.2) is 5.52 Å². The molecule has 6 nitrogen and oxygen atoms in total. The summed E-state index contributed by atoms with van der Waals surface area (Å²) in [5.74, 6) is 0.584. The van der Waals surface area contributed by atoms with Gasteiger partial charge in [-0.2, -0.15) is 5.10 Å². The van der Waals surface area contributed by atoms with Crippen LogP contribution in [-0.4, -0.2) is 19.6 Å². The third-order valence-corrected chi connectivity index (χ3v) is 1.77. The first-order chi connectivity index (χ1) is 6.20. The summed E-state index contributed by atoms with van der Waals surface area (Å²) in [5.41, 5.74) is 5.84. The zero-order valence-electron chi connectivity index (χ0n) is 7.06. The van der Waals surface area contributed by atoms with Crippen molar-refractivity contribution in [3.05, 3.63) is 28.7 Å². The van der Waals surface area contributed by atoms with Crippen LogP contribution in [0.25, 0.3) is 5.52 Å². The average Bonchev–Trinajstić information content (AvgIpc) is 2.48. The molecule has 0 spiro atoms. The normalized spacial score (nSPS) is 13.4. The molecule has 0 bridgehead atoms. The highest BCUT2D eigenvalue weighted by Gasteiger charge is 2.09. The standard InChI is InChI=1S/C7H9N5O/c1-4(8)6-9-2-5-7(13)10-3-11-12(5)6/h2-4H,8H2,1H3,(H,10,11,13)/t4-/m0/s1. The molecule has 0 saturated heterocycles. The van der Waals surface area contributed by atoms with E-state index >= 15 is 0 Å². The summed E-state index contributed by atoms with van der Waals surface area (Å²) in [7, 11) is 0. The maximum absolute atomic E-state index is 11.2. The Morgan fingerprint density at radius 2 is 2.46 bits per heavy atom. The van der Waals surface area contributed by atoms with E-state index in [9.17, 15) is 4.79 Å². The summed E-state index contributed by atoms with van der Waals surface area (Å²) in [6, 6.07) is -0.239. The Morgan fingerprint density at radius 3 is 3.15 bits per heavy atom. The fraction of sp³-hybridized carbons (Fsp3) is 0.286. The Morgan fingerprint density at radius 1 is 1.69 bits per heavy atom. The Bertz CT molecular complexity index is 483. The van der Waals surface area contributed by atoms with Crippen molar-refractivity contribution in [2.24, 2.45) is 5.73 Å². The lowest BCUT2D eigenvalue weighted by molar-refractivity contribution is 0.693. The van der Waals surface area contributed by atoms with E-state index in [1.165, 1.54) is 17.0 Å². The van der Waals surface area contributed by atoms with Gasteiger partial charge in [-0.25, -0.2) is 9.50 Å². The number of imidazole rings is 1. The second kappa shape index (κ2) is 2.67. The van der Waals surface area contributed by atoms with Crippen LogP contribution in [0.15, 0.2) is 17.3 Å². The number of nitrogens with one attached hydrogen (secondary N) is 1. The molecular weight excluding hydrogens is 170 g/mol. The van der Waals surface area contributed by atoms with Crippen LogP contribution in [0.3, 0.4) is 0 Å². The van der Waals surface area contributed by atoms with Crippen molar-refractivity contribution in [3.8, 4) is 0 Å². The Kier molecular flexibility index (Phi) is 1.63. The molecule has 0 radical (unpaired) electrons. The SMILES string of the molecule is C[C@H](N)c1ncc2c(=O)[nH]cnn12. The topological polar surface area (TPSA) is 89.1 Å². The summed E-state index contributed by atoms with van der Waals surface area (Å²) in [6.45, 7) is 1.79. The van der Waals surface area contributed by atoms with E-state index in [4.69, 9.17) is 5.73 Å². The predicted molar refractivity (Wildman–Crippen MR) is 46.2 cm³/mol. The number of H-pyrrole nitrogens is 1. The van der Waals surface area contributed by atoms with Gasteiger partial charge in [-0.15, -0.1) is 0 Å². The van der Waals surface area contributed by atoms with Gasteiger partial charge in [-0.05, 0) is 6.92 Å². The molecule has 6 heteroatoms. The second-order valence-corrected chi connectivity index (χ2v) is 2.82. The summed E-state index contributed by atoms with van der Waals surface area (Å²) in [5, 5.41) is 3.94. The monoisotopic (exact) mass is 179 g/mol. The quantitative estimate of drug-likeness (QED) is 0.614. The summed E-state index contributed by atoms with van der Waals surface area (Å²) in [6.07, 6.45) is 2.79. The summed E-state index contributed by atoms with van der Waals surface area (Å²) < 4.78 is 1.45. The number of aromatic amines is 1. The molecule has 68 valence electrons. The van der Waals surface area contributed by atoms with Crippen molar-refractivity contribution in [3.63, 3.8) is 0 Å². The molecule has 2 aromatic heterocycles. The van der Waals surface area contributed by atoms with Gasteiger partial charge in [0.25, 0.3) is 5.56 Å². The van der Waals surface area contributed by atoms with Gasteiger partial charge in [0.1, 0.15) is 12.2 Å². The van der Waals surface area contributed by atoms with Crippen molar-refractivity contribution in [1.29, 1.82) is 0 Å². The average molecular weight is 179 g/mol. The minimum Gasteiger partial charge on any atom is -0.322 e. The molecule has 3 N–H and O–H groups in total. The largest absolute Gasteiger partial charge is 0.322 e. The van der Waals surface area contributed by atoms with Gasteiger partial charge in [-0.1, -0.05) is 0 Å². The zero-order chi connectivity index (χ0) is 9.42. The van der Waals surface area contributed by atoms with Gasteiger partial charge in [0.2, 0.25) is 0 Å². The van der Waals surface area contributed by atoms with Crippen LogP contribution in [0.5, 0.6) is 0 Å². The Hall–Kier alpha value is -1.69. The van der Waals surface area contributed by atoms with Gasteiger partial charge in [0.05, 0.1) is 12.2 Å². The maximum atomic E-state index is 11.2. The molecule has 0 aliphatic heterocycles. The molecule has 1 atom stereocenters. The third kappa shape index (κ3) is 1.11. The van der Waals surface area contributed by atoms with E-state index in [2.05, 4.69) is 15.1 Å². The van der Waals surface area contributed by atoms with Gasteiger partial charge >= 0.3 is 0 Å². The lowest BCUT2D eigenvalue weighted by Crippen LogP contribution is -2.15. The smallest absolute Gasteiger partial charge is 0.276 e. The lowest BCUT2D eigenvalue weighted by atomic mass is 10.3. The van der Waals surface area contributed by atoms with Crippen LogP contribution in [-0.2, 0) is 0 Å². The predicted octanol–water partition coefficient (Wildman–Crippen LogP) is -0.563. The second-order valence-electron chi connectivity index (χ2n) is 2.82. The van der Waals surface area contributed by atoms with E-state index in [-0.39, 0.29) is 11.6 Å². The summed E-state index contributed by atoms with van der Waals surface area (Å²) >= 11 is 0. The highest BCUT2D eigenvalue weighted by atomic mass is 16.1. The first kappa shape index (κ1) is 7.93. The molecule has 2 aromatic rings. The summed E-state index contributed by atoms with van der Waals surface area (Å²) in [4.78, 5) is 17.7. The molecule has 0 aliphatic carbocycles. The maximum Gasteiger partial charge on any atom is 0.276 e. The van der Waals surface area contributed by atoms with Crippen molar-refractivity contribution >= 4 is 5.52 Å². The van der Waals surface area contributed by atoms with E-state index < -0.39 is 0 Å². The molecule has 0 aliphatic rings. The number of nitrogens with zero attached hydrogens (tertiary/aromatic N) is 3. The first-order valence-electron chi connectivity index (χ1n) is 3.87. The molecule has 2 rings (SSSR count). The van der Waals surface area contributed by atoms with E-state index in [0.717, 1.165) is 0 Å². The van der Waals surface area contributed by atoms with E-state index in [1.807, 2.05) is 0 Å². The minimum atomic E-state index is -0.239. The number of nitrogens with two attached hydrogens (primary N) is 1. The molecule has 0 aromatic carbocycles. The number of fused-ring (bicyclic) bond motifs is 1. The van der Waals surface area contributed by atoms with Crippen molar-refractivity contribution < 1.29 is 0 Å². The fourth-order valence-electron chi connectivity index (χ4n) is 1.17. The highest BCUT2D eigenvalue weighted by Crippen LogP contribution is 2.06. The molecule has 13 heavy (non-hydrogen) atoms. The van der Waals surface area contributed by atoms with Gasteiger partial charge in [-0.3, -0.25) is 4.79 Å². The first-order valence-corrected chi connectivity index (χ1v) is 3.87. The molecular formula is C7H9N5O. The molecule has 0 amide bonds. The van der Waals surface area contributed by atoms with Crippen LogP contribution >= 0.6 is 0 Å². The number of aromatic nitrogens is 4. The van der Waals surface area contributed by atoms with E-state index in [0.29, 0.717) is 11.3 Å². The minimum absolute atomic E-state index is 0.214. The van der Waals surface area contributed by atoms with Crippen LogP contribution < -0.4 is 11.3 Å². The number of hydrogen-bond donors (Lipinski definition) is 2. The van der Waals surface area contributed by atoms with Crippen LogP contribution in [0.4, 0.5) is 0 Å². The van der Waals surface area contributed by atoms with E-state index in [1.54, 1.807) is 6.92 Å². The van der Waals surface area contributed by atoms with Crippen LogP contribution in [0.1, 0.15) is 18.8 Å².